The summed E-state index contributed by atoms with van der Waals surface area (Å²) in [6.07, 6.45) is 3.56. The number of hydrogen-bond acceptors (Lipinski definition) is 4. The van der Waals surface area contributed by atoms with Crippen LogP contribution in [0, 0.1) is 0 Å². The van der Waals surface area contributed by atoms with Gasteiger partial charge in [0.25, 0.3) is 5.91 Å². The molecule has 0 saturated carbocycles. The monoisotopic (exact) mass is 351 g/mol. The van der Waals surface area contributed by atoms with E-state index in [9.17, 15) is 4.79 Å². The van der Waals surface area contributed by atoms with Crippen molar-refractivity contribution < 1.29 is 14.3 Å². The van der Waals surface area contributed by atoms with Crippen LogP contribution in [0.15, 0.2) is 42.7 Å². The number of H-pyrrole nitrogens is 1. The molecule has 1 N–H and O–H groups in total. The summed E-state index contributed by atoms with van der Waals surface area (Å²) in [4.78, 5) is 22.3. The van der Waals surface area contributed by atoms with Gasteiger partial charge in [0, 0.05) is 12.1 Å². The van der Waals surface area contributed by atoms with Gasteiger partial charge >= 0.3 is 0 Å². The summed E-state index contributed by atoms with van der Waals surface area (Å²) in [5, 5.41) is 0. The van der Waals surface area contributed by atoms with Crippen molar-refractivity contribution in [1.29, 1.82) is 0 Å². The Labute approximate surface area is 151 Å². The van der Waals surface area contributed by atoms with Gasteiger partial charge in [-0.1, -0.05) is 6.07 Å². The summed E-state index contributed by atoms with van der Waals surface area (Å²) in [6.45, 7) is 0.749. The molecule has 26 heavy (non-hydrogen) atoms. The van der Waals surface area contributed by atoms with Crippen LogP contribution < -0.4 is 9.47 Å². The first-order valence-corrected chi connectivity index (χ1v) is 8.67. The normalized spacial score (nSPS) is 16.8. The number of ether oxygens (including phenoxy) is 2. The van der Waals surface area contributed by atoms with E-state index < -0.39 is 0 Å². The molecule has 3 aromatic rings. The highest BCUT2D eigenvalue weighted by Gasteiger charge is 2.31. The third-order valence-corrected chi connectivity index (χ3v) is 4.97. The molecule has 0 radical (unpaired) electrons. The van der Waals surface area contributed by atoms with Crippen LogP contribution in [0.1, 0.15) is 34.8 Å². The number of likely N-dealkylation sites (tertiary alicyclic amines) is 1. The van der Waals surface area contributed by atoms with Gasteiger partial charge in [0.1, 0.15) is 0 Å². The van der Waals surface area contributed by atoms with E-state index in [1.165, 1.54) is 0 Å². The molecular formula is C20H21N3O3. The lowest BCUT2D eigenvalue weighted by Gasteiger charge is -2.26. The molecule has 0 aliphatic carbocycles. The minimum absolute atomic E-state index is 0.0405. The lowest BCUT2D eigenvalue weighted by molar-refractivity contribution is 0.0735. The first-order valence-electron chi connectivity index (χ1n) is 8.67. The van der Waals surface area contributed by atoms with Crippen molar-refractivity contribution >= 4 is 16.9 Å². The molecule has 0 spiro atoms. The summed E-state index contributed by atoms with van der Waals surface area (Å²) >= 11 is 0. The molecule has 134 valence electrons. The average molecular weight is 351 g/mol. The highest BCUT2D eigenvalue weighted by molar-refractivity contribution is 5.97. The third kappa shape index (κ3) is 2.77. The fraction of sp³-hybridized carbons (Fsp3) is 0.300. The topological polar surface area (TPSA) is 67.5 Å². The Morgan fingerprint density at radius 3 is 2.81 bits per heavy atom. The standard InChI is InChI=1S/C20H21N3O3/c1-25-18-8-6-13(11-19(18)26-2)17-4-3-9-23(17)20(24)14-5-7-15-16(10-14)22-12-21-15/h5-8,10-12,17H,3-4,9H2,1-2H3,(H,21,22). The molecule has 2 heterocycles. The van der Waals surface area contributed by atoms with Gasteiger partial charge in [0.15, 0.2) is 11.5 Å². The van der Waals surface area contributed by atoms with E-state index in [0.717, 1.165) is 36.0 Å². The number of hydrogen-bond donors (Lipinski definition) is 1. The number of aromatic nitrogens is 2. The molecule has 1 atom stereocenters. The van der Waals surface area contributed by atoms with Crippen LogP contribution in [0.2, 0.25) is 0 Å². The number of carbonyl (C=O) groups excluding carboxylic acids is 1. The van der Waals surface area contributed by atoms with Crippen molar-refractivity contribution in [2.75, 3.05) is 20.8 Å². The van der Waals surface area contributed by atoms with Gasteiger partial charge in [0.05, 0.1) is 37.6 Å². The summed E-state index contributed by atoms with van der Waals surface area (Å²) in [5.41, 5.74) is 3.47. The van der Waals surface area contributed by atoms with E-state index >= 15 is 0 Å². The number of methoxy groups -OCH3 is 2. The average Bonchev–Trinajstić information content (AvgIpc) is 3.35. The van der Waals surface area contributed by atoms with Crippen molar-refractivity contribution in [2.45, 2.75) is 18.9 Å². The van der Waals surface area contributed by atoms with Gasteiger partial charge < -0.3 is 19.4 Å². The van der Waals surface area contributed by atoms with Gasteiger partial charge in [-0.2, -0.15) is 0 Å². The number of carbonyl (C=O) groups is 1. The number of nitrogens with one attached hydrogen (secondary N) is 1. The van der Waals surface area contributed by atoms with E-state index in [0.29, 0.717) is 17.1 Å². The molecule has 1 aromatic heterocycles. The van der Waals surface area contributed by atoms with Gasteiger partial charge in [-0.3, -0.25) is 4.79 Å². The molecule has 6 heteroatoms. The number of nitrogens with zero attached hydrogens (tertiary/aromatic N) is 2. The third-order valence-electron chi connectivity index (χ3n) is 4.97. The molecule has 4 rings (SSSR count). The number of amides is 1. The van der Waals surface area contributed by atoms with Crippen LogP contribution in [0.25, 0.3) is 11.0 Å². The largest absolute Gasteiger partial charge is 0.493 e. The van der Waals surface area contributed by atoms with Crippen molar-refractivity contribution in [2.24, 2.45) is 0 Å². The first kappa shape index (κ1) is 16.4. The van der Waals surface area contributed by atoms with Crippen LogP contribution in [0.3, 0.4) is 0 Å². The molecule has 2 aromatic carbocycles. The summed E-state index contributed by atoms with van der Waals surface area (Å²) < 4.78 is 10.7. The van der Waals surface area contributed by atoms with E-state index in [4.69, 9.17) is 9.47 Å². The van der Waals surface area contributed by atoms with Gasteiger partial charge in [-0.25, -0.2) is 4.98 Å². The Morgan fingerprint density at radius 2 is 2.00 bits per heavy atom. The maximum absolute atomic E-state index is 13.1. The van der Waals surface area contributed by atoms with Crippen molar-refractivity contribution in [3.8, 4) is 11.5 Å². The number of fused-ring (bicyclic) bond motifs is 1. The molecule has 6 nitrogen and oxygen atoms in total. The fourth-order valence-corrected chi connectivity index (χ4v) is 3.65. The summed E-state index contributed by atoms with van der Waals surface area (Å²) in [5.74, 6) is 1.42. The number of rotatable bonds is 4. The van der Waals surface area contributed by atoms with E-state index in [1.54, 1.807) is 20.5 Å². The second-order valence-corrected chi connectivity index (χ2v) is 6.41. The molecule has 1 saturated heterocycles. The highest BCUT2D eigenvalue weighted by atomic mass is 16.5. The number of imidazole rings is 1. The van der Waals surface area contributed by atoms with Crippen LogP contribution in [0.5, 0.6) is 11.5 Å². The SMILES string of the molecule is COc1ccc(C2CCCN2C(=O)c2ccc3nc[nH]c3c2)cc1OC. The van der Waals surface area contributed by atoms with Crippen molar-refractivity contribution in [3.05, 3.63) is 53.9 Å². The van der Waals surface area contributed by atoms with Crippen molar-refractivity contribution in [3.63, 3.8) is 0 Å². The maximum atomic E-state index is 13.1. The molecule has 1 fully saturated rings. The lowest BCUT2D eigenvalue weighted by atomic mass is 10.0. The Bertz CT molecular complexity index is 950. The highest BCUT2D eigenvalue weighted by Crippen LogP contribution is 2.37. The number of benzene rings is 2. The maximum Gasteiger partial charge on any atom is 0.254 e. The zero-order valence-corrected chi connectivity index (χ0v) is 14.9. The van der Waals surface area contributed by atoms with Crippen LogP contribution in [-0.2, 0) is 0 Å². The minimum atomic E-state index is 0.0405. The quantitative estimate of drug-likeness (QED) is 0.780. The first-order chi connectivity index (χ1) is 12.7. The zero-order valence-electron chi connectivity index (χ0n) is 14.9. The van der Waals surface area contributed by atoms with Gasteiger partial charge in [-0.05, 0) is 48.7 Å². The second-order valence-electron chi connectivity index (χ2n) is 6.41. The molecular weight excluding hydrogens is 330 g/mol. The van der Waals surface area contributed by atoms with E-state index in [1.807, 2.05) is 41.3 Å². The zero-order chi connectivity index (χ0) is 18.1. The summed E-state index contributed by atoms with van der Waals surface area (Å²) in [6, 6.07) is 11.5. The Balaban J connectivity index is 1.64. The van der Waals surface area contributed by atoms with Crippen molar-refractivity contribution in [1.82, 2.24) is 14.9 Å². The second kappa shape index (κ2) is 6.71. The predicted molar refractivity (Wildman–Crippen MR) is 98.7 cm³/mol. The number of aromatic amines is 1. The smallest absolute Gasteiger partial charge is 0.254 e. The molecule has 0 bridgehead atoms. The van der Waals surface area contributed by atoms with Crippen LogP contribution in [0.4, 0.5) is 0 Å². The van der Waals surface area contributed by atoms with Gasteiger partial charge in [-0.15, -0.1) is 0 Å². The summed E-state index contributed by atoms with van der Waals surface area (Å²) in [7, 11) is 3.24. The predicted octanol–water partition coefficient (Wildman–Crippen LogP) is 3.56. The van der Waals surface area contributed by atoms with Crippen LogP contribution in [-0.4, -0.2) is 41.5 Å². The molecule has 1 aliphatic heterocycles. The molecule has 1 aliphatic rings. The van der Waals surface area contributed by atoms with Gasteiger partial charge in [0.2, 0.25) is 0 Å². The Kier molecular flexibility index (Phi) is 4.24. The molecule has 1 unspecified atom stereocenters. The molecule has 1 amide bonds. The van der Waals surface area contributed by atoms with E-state index in [2.05, 4.69) is 9.97 Å². The lowest BCUT2D eigenvalue weighted by Crippen LogP contribution is -2.30. The fourth-order valence-electron chi connectivity index (χ4n) is 3.65. The Morgan fingerprint density at radius 1 is 1.15 bits per heavy atom. The minimum Gasteiger partial charge on any atom is -0.493 e. The van der Waals surface area contributed by atoms with E-state index in [-0.39, 0.29) is 11.9 Å². The van der Waals surface area contributed by atoms with Crippen LogP contribution >= 0.6 is 0 Å². The Hall–Kier alpha value is -3.02.